The molecule has 0 aliphatic rings. The number of hydrogen-bond donors (Lipinski definition) is 3. The largest absolute Gasteiger partial charge is 0.466 e. The fraction of sp³-hybridized carbons (Fsp3) is 0.849. The molecule has 0 fully saturated rings. The normalized spacial score (nSPS) is 12.9. The summed E-state index contributed by atoms with van der Waals surface area (Å²) in [6.07, 6.45) is 58.7. The molecule has 2 unspecified atom stereocenters. The molecule has 0 aromatic rings. The zero-order valence-electron chi connectivity index (χ0n) is 39.2. The highest BCUT2D eigenvalue weighted by Crippen LogP contribution is 2.15. The summed E-state index contributed by atoms with van der Waals surface area (Å²) in [5, 5.41) is 23.0. The van der Waals surface area contributed by atoms with E-state index in [9.17, 15) is 19.8 Å². The van der Waals surface area contributed by atoms with Crippen LogP contribution in [0.25, 0.3) is 0 Å². The summed E-state index contributed by atoms with van der Waals surface area (Å²) in [7, 11) is 0. The smallest absolute Gasteiger partial charge is 0.305 e. The van der Waals surface area contributed by atoms with E-state index in [-0.39, 0.29) is 18.5 Å². The molecule has 0 aromatic heterocycles. The number of hydrogen-bond acceptors (Lipinski definition) is 5. The molecule has 6 nitrogen and oxygen atoms in total. The van der Waals surface area contributed by atoms with E-state index >= 15 is 0 Å². The van der Waals surface area contributed by atoms with E-state index in [4.69, 9.17) is 4.74 Å². The average Bonchev–Trinajstić information content (AvgIpc) is 3.24. The Labute approximate surface area is 366 Å². The average molecular weight is 830 g/mol. The zero-order valence-corrected chi connectivity index (χ0v) is 39.2. The second kappa shape index (κ2) is 48.7. The van der Waals surface area contributed by atoms with Crippen molar-refractivity contribution in [3.63, 3.8) is 0 Å². The summed E-state index contributed by atoms with van der Waals surface area (Å²) in [6, 6.07) is -0.671. The number of carbonyl (C=O) groups is 2. The third kappa shape index (κ3) is 45.4. The van der Waals surface area contributed by atoms with Crippen LogP contribution in [0.15, 0.2) is 36.5 Å². The Morgan fingerprint density at radius 2 is 0.864 bits per heavy atom. The number of nitrogens with one attached hydrogen (secondary N) is 1. The molecule has 0 radical (unpaired) electrons. The highest BCUT2D eigenvalue weighted by Gasteiger charge is 2.17. The molecule has 0 aromatic carbocycles. The van der Waals surface area contributed by atoms with Crippen molar-refractivity contribution in [3.8, 4) is 0 Å². The van der Waals surface area contributed by atoms with E-state index in [1.807, 2.05) is 12.2 Å². The Morgan fingerprint density at radius 3 is 1.32 bits per heavy atom. The topological polar surface area (TPSA) is 95.9 Å². The predicted octanol–water partition coefficient (Wildman–Crippen LogP) is 15.3. The van der Waals surface area contributed by atoms with E-state index in [2.05, 4.69) is 37.4 Å². The first-order valence-corrected chi connectivity index (χ1v) is 25.8. The van der Waals surface area contributed by atoms with E-state index < -0.39 is 12.1 Å². The first-order chi connectivity index (χ1) is 29.0. The molecule has 3 N–H and O–H groups in total. The Hall–Kier alpha value is -1.92. The third-order valence-corrected chi connectivity index (χ3v) is 11.7. The standard InChI is InChI=1S/C53H99NO5/c1-3-5-7-9-11-13-15-17-18-19-20-22-25-29-33-37-41-45-51(56)50(49-55)54-52(57)46-42-38-34-30-26-23-21-24-28-32-36-40-44-48-59-53(58)47-43-39-35-31-27-16-14-12-10-8-6-4-2/h23,26,34,38,41,45,50-51,55-56H,3-22,24-25,27-33,35-37,39-40,42-44,46-49H2,1-2H3,(H,54,57)/b26-23-,38-34-,45-41+. The number of rotatable bonds is 47. The van der Waals surface area contributed by atoms with Gasteiger partial charge in [0.1, 0.15) is 0 Å². The maximum absolute atomic E-state index is 12.4. The van der Waals surface area contributed by atoms with E-state index in [0.29, 0.717) is 25.9 Å². The van der Waals surface area contributed by atoms with Crippen molar-refractivity contribution in [2.24, 2.45) is 0 Å². The molecule has 0 spiro atoms. The van der Waals surface area contributed by atoms with Crippen molar-refractivity contribution < 1.29 is 24.5 Å². The summed E-state index contributed by atoms with van der Waals surface area (Å²) < 4.78 is 5.44. The van der Waals surface area contributed by atoms with Crippen molar-refractivity contribution in [1.82, 2.24) is 5.32 Å². The van der Waals surface area contributed by atoms with Crippen LogP contribution in [0, 0.1) is 0 Å². The van der Waals surface area contributed by atoms with Crippen LogP contribution in [0.4, 0.5) is 0 Å². The lowest BCUT2D eigenvalue weighted by Crippen LogP contribution is -2.45. The molecule has 0 rings (SSSR count). The molecule has 0 aliphatic carbocycles. The number of amides is 1. The number of ether oxygens (including phenoxy) is 1. The quantitative estimate of drug-likeness (QED) is 0.0323. The van der Waals surface area contributed by atoms with Crippen LogP contribution in [0.5, 0.6) is 0 Å². The van der Waals surface area contributed by atoms with Crippen LogP contribution in [-0.2, 0) is 14.3 Å². The van der Waals surface area contributed by atoms with Gasteiger partial charge in [-0.15, -0.1) is 0 Å². The summed E-state index contributed by atoms with van der Waals surface area (Å²) in [5.74, 6) is -0.166. The summed E-state index contributed by atoms with van der Waals surface area (Å²) in [6.45, 7) is 4.83. The minimum atomic E-state index is -0.879. The van der Waals surface area contributed by atoms with Crippen LogP contribution < -0.4 is 5.32 Å². The number of allylic oxidation sites excluding steroid dienone is 5. The van der Waals surface area contributed by atoms with Gasteiger partial charge in [-0.25, -0.2) is 0 Å². The lowest BCUT2D eigenvalue weighted by Gasteiger charge is -2.19. The summed E-state index contributed by atoms with van der Waals surface area (Å²) in [5.41, 5.74) is 0. The lowest BCUT2D eigenvalue weighted by molar-refractivity contribution is -0.143. The molecule has 1 amide bonds. The Bertz CT molecular complexity index is 962. The molecule has 346 valence electrons. The Balaban J connectivity index is 3.60. The van der Waals surface area contributed by atoms with Crippen LogP contribution in [0.3, 0.4) is 0 Å². The highest BCUT2D eigenvalue weighted by atomic mass is 16.5. The van der Waals surface area contributed by atoms with E-state index in [1.165, 1.54) is 180 Å². The SMILES string of the molecule is CCCCCCCCCCCCCCCCC/C=C/C(O)C(CO)NC(=O)CC/C=C\C/C=C\CCCCCCCCOC(=O)CCCCCCCCCCCCCC. The van der Waals surface area contributed by atoms with Gasteiger partial charge in [0.2, 0.25) is 5.91 Å². The number of unbranched alkanes of at least 4 members (excludes halogenated alkanes) is 32. The van der Waals surface area contributed by atoms with Gasteiger partial charge in [0, 0.05) is 12.8 Å². The van der Waals surface area contributed by atoms with Gasteiger partial charge in [-0.2, -0.15) is 0 Å². The van der Waals surface area contributed by atoms with Gasteiger partial charge in [0.05, 0.1) is 25.4 Å². The van der Waals surface area contributed by atoms with Gasteiger partial charge in [0.15, 0.2) is 0 Å². The van der Waals surface area contributed by atoms with Crippen molar-refractivity contribution in [3.05, 3.63) is 36.5 Å². The zero-order chi connectivity index (χ0) is 43.0. The molecular formula is C53H99NO5. The molecule has 2 atom stereocenters. The summed E-state index contributed by atoms with van der Waals surface area (Å²) in [4.78, 5) is 24.4. The van der Waals surface area contributed by atoms with Gasteiger partial charge in [-0.05, 0) is 51.4 Å². The van der Waals surface area contributed by atoms with Crippen LogP contribution in [0.2, 0.25) is 0 Å². The summed E-state index contributed by atoms with van der Waals surface area (Å²) >= 11 is 0. The van der Waals surface area contributed by atoms with E-state index in [1.54, 1.807) is 6.08 Å². The van der Waals surface area contributed by atoms with Crippen LogP contribution >= 0.6 is 0 Å². The van der Waals surface area contributed by atoms with Crippen LogP contribution in [-0.4, -0.2) is 47.4 Å². The van der Waals surface area contributed by atoms with Gasteiger partial charge < -0.3 is 20.3 Å². The highest BCUT2D eigenvalue weighted by molar-refractivity contribution is 5.76. The fourth-order valence-electron chi connectivity index (χ4n) is 7.68. The van der Waals surface area contributed by atoms with Gasteiger partial charge >= 0.3 is 5.97 Å². The second-order valence-electron chi connectivity index (χ2n) is 17.5. The van der Waals surface area contributed by atoms with Crippen molar-refractivity contribution in [2.75, 3.05) is 13.2 Å². The third-order valence-electron chi connectivity index (χ3n) is 11.7. The first kappa shape index (κ1) is 57.1. The van der Waals surface area contributed by atoms with Gasteiger partial charge in [-0.1, -0.05) is 237 Å². The number of aliphatic hydroxyl groups is 2. The molecule has 0 aliphatic heterocycles. The predicted molar refractivity (Wildman–Crippen MR) is 255 cm³/mol. The van der Waals surface area contributed by atoms with Gasteiger partial charge in [0.25, 0.3) is 0 Å². The number of carbonyl (C=O) groups excluding carboxylic acids is 2. The first-order valence-electron chi connectivity index (χ1n) is 25.8. The van der Waals surface area contributed by atoms with E-state index in [0.717, 1.165) is 51.4 Å². The molecule has 59 heavy (non-hydrogen) atoms. The second-order valence-corrected chi connectivity index (χ2v) is 17.5. The molecule has 6 heteroatoms. The number of aliphatic hydroxyl groups excluding tert-OH is 2. The molecule has 0 bridgehead atoms. The Morgan fingerprint density at radius 1 is 0.475 bits per heavy atom. The molecular weight excluding hydrogens is 731 g/mol. The maximum atomic E-state index is 12.4. The minimum Gasteiger partial charge on any atom is -0.466 e. The minimum absolute atomic E-state index is 0.0182. The Kier molecular flexibility index (Phi) is 47.2. The molecule has 0 saturated heterocycles. The lowest BCUT2D eigenvalue weighted by atomic mass is 10.0. The van der Waals surface area contributed by atoms with Crippen molar-refractivity contribution in [2.45, 2.75) is 276 Å². The fourth-order valence-corrected chi connectivity index (χ4v) is 7.68. The van der Waals surface area contributed by atoms with Crippen molar-refractivity contribution >= 4 is 11.9 Å². The number of esters is 1. The molecule has 0 saturated carbocycles. The molecule has 0 heterocycles. The van der Waals surface area contributed by atoms with Crippen LogP contribution in [0.1, 0.15) is 264 Å². The van der Waals surface area contributed by atoms with Crippen molar-refractivity contribution in [1.29, 1.82) is 0 Å². The maximum Gasteiger partial charge on any atom is 0.305 e. The van der Waals surface area contributed by atoms with Gasteiger partial charge in [-0.3, -0.25) is 9.59 Å². The monoisotopic (exact) mass is 830 g/mol.